The first-order valence-corrected chi connectivity index (χ1v) is 7.95. The molecule has 0 saturated carbocycles. The van der Waals surface area contributed by atoms with Crippen molar-refractivity contribution in [2.45, 2.75) is 65.1 Å². The van der Waals surface area contributed by atoms with Gasteiger partial charge in [-0.2, -0.15) is 0 Å². The van der Waals surface area contributed by atoms with Crippen LogP contribution in [-0.2, 0) is 16.7 Å². The highest BCUT2D eigenvalue weighted by atomic mass is 16.6. The first kappa shape index (κ1) is 16.9. The van der Waals surface area contributed by atoms with Gasteiger partial charge in [0.05, 0.1) is 17.8 Å². The summed E-state index contributed by atoms with van der Waals surface area (Å²) in [6.45, 7) is 12.7. The summed E-state index contributed by atoms with van der Waals surface area (Å²) in [5.41, 5.74) is 0.243. The SMILES string of the molecule is CC(C)C(NC(=O)OC(C)(C)C)C1(C)NCCc2occc21. The minimum Gasteiger partial charge on any atom is -0.469 e. The molecule has 2 N–H and O–H groups in total. The Balaban J connectivity index is 2.24. The van der Waals surface area contributed by atoms with Crippen molar-refractivity contribution in [1.29, 1.82) is 0 Å². The van der Waals surface area contributed by atoms with Crippen LogP contribution in [0, 0.1) is 5.92 Å². The number of carbonyl (C=O) groups excluding carboxylic acids is 1. The van der Waals surface area contributed by atoms with Crippen LogP contribution in [0.5, 0.6) is 0 Å². The van der Waals surface area contributed by atoms with Crippen molar-refractivity contribution in [1.82, 2.24) is 10.6 Å². The van der Waals surface area contributed by atoms with Gasteiger partial charge in [-0.05, 0) is 39.7 Å². The van der Waals surface area contributed by atoms with E-state index in [1.54, 1.807) is 6.26 Å². The van der Waals surface area contributed by atoms with Crippen LogP contribution in [0.3, 0.4) is 0 Å². The molecule has 2 unspecified atom stereocenters. The van der Waals surface area contributed by atoms with Crippen LogP contribution in [0.1, 0.15) is 52.9 Å². The molecule has 124 valence electrons. The Labute approximate surface area is 132 Å². The Hall–Kier alpha value is -1.49. The van der Waals surface area contributed by atoms with Crippen LogP contribution >= 0.6 is 0 Å². The summed E-state index contributed by atoms with van der Waals surface area (Å²) in [5.74, 6) is 1.24. The third-order valence-electron chi connectivity index (χ3n) is 4.11. The summed E-state index contributed by atoms with van der Waals surface area (Å²) in [7, 11) is 0. The lowest BCUT2D eigenvalue weighted by Gasteiger charge is -2.43. The van der Waals surface area contributed by atoms with Gasteiger partial charge in [0.1, 0.15) is 11.4 Å². The maximum absolute atomic E-state index is 12.2. The maximum atomic E-state index is 12.2. The summed E-state index contributed by atoms with van der Waals surface area (Å²) in [5, 5.41) is 6.61. The zero-order chi connectivity index (χ0) is 16.5. The van der Waals surface area contributed by atoms with E-state index in [9.17, 15) is 4.79 Å². The summed E-state index contributed by atoms with van der Waals surface area (Å²) in [4.78, 5) is 12.2. The molecule has 0 aliphatic carbocycles. The van der Waals surface area contributed by atoms with E-state index in [0.29, 0.717) is 0 Å². The summed E-state index contributed by atoms with van der Waals surface area (Å²) >= 11 is 0. The van der Waals surface area contributed by atoms with Crippen molar-refractivity contribution in [3.05, 3.63) is 23.7 Å². The fourth-order valence-electron chi connectivity index (χ4n) is 3.22. The fraction of sp³-hybridized carbons (Fsp3) is 0.706. The zero-order valence-corrected chi connectivity index (χ0v) is 14.4. The molecule has 22 heavy (non-hydrogen) atoms. The van der Waals surface area contributed by atoms with Gasteiger partial charge in [0, 0.05) is 18.5 Å². The van der Waals surface area contributed by atoms with Gasteiger partial charge in [-0.25, -0.2) is 4.79 Å². The maximum Gasteiger partial charge on any atom is 0.407 e. The van der Waals surface area contributed by atoms with Gasteiger partial charge < -0.3 is 19.8 Å². The number of furan rings is 1. The molecule has 1 aromatic heterocycles. The third kappa shape index (κ3) is 3.46. The molecule has 1 aliphatic rings. The van der Waals surface area contributed by atoms with E-state index in [4.69, 9.17) is 9.15 Å². The lowest BCUT2D eigenvalue weighted by Crippen LogP contribution is -2.61. The van der Waals surface area contributed by atoms with Crippen molar-refractivity contribution in [2.75, 3.05) is 6.54 Å². The van der Waals surface area contributed by atoms with Gasteiger partial charge in [0.2, 0.25) is 0 Å². The van der Waals surface area contributed by atoms with E-state index >= 15 is 0 Å². The van der Waals surface area contributed by atoms with Crippen molar-refractivity contribution in [3.8, 4) is 0 Å². The van der Waals surface area contributed by atoms with Gasteiger partial charge >= 0.3 is 6.09 Å². The van der Waals surface area contributed by atoms with E-state index in [-0.39, 0.29) is 23.6 Å². The molecular weight excluding hydrogens is 280 g/mol. The largest absolute Gasteiger partial charge is 0.469 e. The zero-order valence-electron chi connectivity index (χ0n) is 14.4. The molecule has 0 radical (unpaired) electrons. The van der Waals surface area contributed by atoms with Crippen molar-refractivity contribution >= 4 is 6.09 Å². The molecule has 0 spiro atoms. The predicted molar refractivity (Wildman–Crippen MR) is 85.8 cm³/mol. The molecule has 1 amide bonds. The molecule has 1 aromatic rings. The average molecular weight is 308 g/mol. The van der Waals surface area contributed by atoms with E-state index in [1.807, 2.05) is 26.8 Å². The Morgan fingerprint density at radius 2 is 2.14 bits per heavy atom. The van der Waals surface area contributed by atoms with E-state index in [1.165, 1.54) is 0 Å². The Morgan fingerprint density at radius 1 is 1.45 bits per heavy atom. The van der Waals surface area contributed by atoms with Crippen molar-refractivity contribution in [2.24, 2.45) is 5.92 Å². The predicted octanol–water partition coefficient (Wildman–Crippen LogP) is 3.19. The lowest BCUT2D eigenvalue weighted by atomic mass is 9.77. The van der Waals surface area contributed by atoms with Gasteiger partial charge in [-0.1, -0.05) is 13.8 Å². The second-order valence-corrected chi connectivity index (χ2v) is 7.50. The van der Waals surface area contributed by atoms with Crippen LogP contribution in [0.25, 0.3) is 0 Å². The number of alkyl carbamates (subject to hydrolysis) is 1. The quantitative estimate of drug-likeness (QED) is 0.900. The van der Waals surface area contributed by atoms with Gasteiger partial charge in [0.15, 0.2) is 0 Å². The molecule has 5 heteroatoms. The fourth-order valence-corrected chi connectivity index (χ4v) is 3.22. The number of fused-ring (bicyclic) bond motifs is 1. The Morgan fingerprint density at radius 3 is 2.73 bits per heavy atom. The second-order valence-electron chi connectivity index (χ2n) is 7.50. The Bertz CT molecular complexity index is 530. The highest BCUT2D eigenvalue weighted by Gasteiger charge is 2.43. The van der Waals surface area contributed by atoms with Crippen LogP contribution in [0.2, 0.25) is 0 Å². The molecule has 2 rings (SSSR count). The van der Waals surface area contributed by atoms with Gasteiger partial charge in [-0.3, -0.25) is 0 Å². The number of hydrogen-bond donors (Lipinski definition) is 2. The van der Waals surface area contributed by atoms with Crippen molar-refractivity contribution < 1.29 is 13.9 Å². The highest BCUT2D eigenvalue weighted by molar-refractivity contribution is 5.68. The summed E-state index contributed by atoms with van der Waals surface area (Å²) in [6, 6.07) is 1.90. The minimum atomic E-state index is -0.507. The van der Waals surface area contributed by atoms with Crippen LogP contribution in [-0.4, -0.2) is 24.3 Å². The number of ether oxygens (including phenoxy) is 1. The standard InChI is InChI=1S/C17H28N2O3/c1-11(2)14(19-15(20)22-16(3,4)5)17(6)12-8-10-21-13(12)7-9-18-17/h8,10-11,14,18H,7,9H2,1-6H3,(H,19,20). The van der Waals surface area contributed by atoms with Crippen LogP contribution < -0.4 is 10.6 Å². The molecule has 0 bridgehead atoms. The number of nitrogens with one attached hydrogen (secondary N) is 2. The first-order valence-electron chi connectivity index (χ1n) is 7.95. The number of hydrogen-bond acceptors (Lipinski definition) is 4. The molecule has 5 nitrogen and oxygen atoms in total. The molecule has 0 saturated heterocycles. The smallest absolute Gasteiger partial charge is 0.407 e. The monoisotopic (exact) mass is 308 g/mol. The normalized spacial score (nSPS) is 23.0. The average Bonchev–Trinajstić information content (AvgIpc) is 2.83. The highest BCUT2D eigenvalue weighted by Crippen LogP contribution is 2.35. The molecule has 2 atom stereocenters. The summed E-state index contributed by atoms with van der Waals surface area (Å²) in [6.07, 6.45) is 2.21. The van der Waals surface area contributed by atoms with E-state index < -0.39 is 5.60 Å². The molecule has 1 aliphatic heterocycles. The Kier molecular flexibility index (Phi) is 4.57. The van der Waals surface area contributed by atoms with E-state index in [2.05, 4.69) is 31.4 Å². The van der Waals surface area contributed by atoms with E-state index in [0.717, 1.165) is 24.3 Å². The van der Waals surface area contributed by atoms with Gasteiger partial charge in [-0.15, -0.1) is 0 Å². The van der Waals surface area contributed by atoms with Gasteiger partial charge in [0.25, 0.3) is 0 Å². The topological polar surface area (TPSA) is 63.5 Å². The number of amides is 1. The van der Waals surface area contributed by atoms with Crippen molar-refractivity contribution in [3.63, 3.8) is 0 Å². The van der Waals surface area contributed by atoms with Crippen LogP contribution in [0.4, 0.5) is 4.79 Å². The number of rotatable bonds is 3. The lowest BCUT2D eigenvalue weighted by molar-refractivity contribution is 0.0435. The molecule has 2 heterocycles. The summed E-state index contributed by atoms with van der Waals surface area (Å²) < 4.78 is 11.0. The van der Waals surface area contributed by atoms with Crippen LogP contribution in [0.15, 0.2) is 16.7 Å². The third-order valence-corrected chi connectivity index (χ3v) is 4.11. The first-order chi connectivity index (χ1) is 10.1. The molecule has 0 aromatic carbocycles. The number of carbonyl (C=O) groups is 1. The molecule has 0 fully saturated rings. The minimum absolute atomic E-state index is 0.0981. The molecular formula is C17H28N2O3. The second kappa shape index (κ2) is 5.95.